The van der Waals surface area contributed by atoms with Crippen molar-refractivity contribution >= 4 is 61.5 Å². The standard InChI is InChI=1S/C22H17Cl2N3O3S/c23-13-1-3-15(16(24)11-13)18-5-6-19(30-18)21(28)26-22-25-17-4-2-14(12-20(17)31-22)27-7-9-29-10-8-27/h1-6,11-12H,7-10H2,(H,25,26,28). The van der Waals surface area contributed by atoms with Gasteiger partial charge in [-0.1, -0.05) is 34.5 Å². The second-order valence-electron chi connectivity index (χ2n) is 7.01. The molecule has 0 atom stereocenters. The van der Waals surface area contributed by atoms with Gasteiger partial charge in [-0.2, -0.15) is 0 Å². The zero-order chi connectivity index (χ0) is 21.4. The Kier molecular flexibility index (Phi) is 5.58. The molecule has 1 aliphatic rings. The number of nitrogens with one attached hydrogen (secondary N) is 1. The van der Waals surface area contributed by atoms with E-state index in [0.29, 0.717) is 26.5 Å². The number of nitrogens with zero attached hydrogens (tertiary/aromatic N) is 2. The van der Waals surface area contributed by atoms with Gasteiger partial charge in [0.05, 0.1) is 28.5 Å². The van der Waals surface area contributed by atoms with Crippen LogP contribution in [-0.2, 0) is 4.74 Å². The average molecular weight is 474 g/mol. The molecule has 158 valence electrons. The van der Waals surface area contributed by atoms with Crippen molar-refractivity contribution < 1.29 is 13.9 Å². The molecule has 5 rings (SSSR count). The van der Waals surface area contributed by atoms with Crippen LogP contribution in [-0.4, -0.2) is 37.2 Å². The largest absolute Gasteiger partial charge is 0.451 e. The molecule has 0 radical (unpaired) electrons. The Morgan fingerprint density at radius 1 is 1.06 bits per heavy atom. The number of hydrogen-bond acceptors (Lipinski definition) is 6. The van der Waals surface area contributed by atoms with E-state index in [4.69, 9.17) is 32.4 Å². The van der Waals surface area contributed by atoms with Crippen molar-refractivity contribution in [3.8, 4) is 11.3 Å². The fraction of sp³-hybridized carbons (Fsp3) is 0.182. The SMILES string of the molecule is O=C(Nc1nc2ccc(N3CCOCC3)cc2s1)c1ccc(-c2ccc(Cl)cc2Cl)o1. The van der Waals surface area contributed by atoms with Crippen LogP contribution >= 0.6 is 34.5 Å². The lowest BCUT2D eigenvalue weighted by molar-refractivity contribution is 0.0997. The molecule has 6 nitrogen and oxygen atoms in total. The number of thiazole rings is 1. The molecule has 1 aliphatic heterocycles. The van der Waals surface area contributed by atoms with Gasteiger partial charge < -0.3 is 14.1 Å². The third-order valence-corrected chi connectivity index (χ3v) is 6.48. The highest BCUT2D eigenvalue weighted by atomic mass is 35.5. The van der Waals surface area contributed by atoms with E-state index in [-0.39, 0.29) is 11.7 Å². The van der Waals surface area contributed by atoms with Gasteiger partial charge >= 0.3 is 0 Å². The Morgan fingerprint density at radius 3 is 2.71 bits per heavy atom. The molecule has 0 unspecified atom stereocenters. The van der Waals surface area contributed by atoms with Crippen molar-refractivity contribution in [2.45, 2.75) is 0 Å². The summed E-state index contributed by atoms with van der Waals surface area (Å²) < 4.78 is 12.1. The third kappa shape index (κ3) is 4.27. The molecule has 1 fully saturated rings. The number of morpholine rings is 1. The Labute approximate surface area is 192 Å². The maximum absolute atomic E-state index is 12.7. The van der Waals surface area contributed by atoms with Crippen LogP contribution in [0.15, 0.2) is 52.9 Å². The monoisotopic (exact) mass is 473 g/mol. The maximum atomic E-state index is 12.7. The molecule has 0 bridgehead atoms. The van der Waals surface area contributed by atoms with Crippen LogP contribution in [0, 0.1) is 0 Å². The first kappa shape index (κ1) is 20.3. The lowest BCUT2D eigenvalue weighted by Crippen LogP contribution is -2.36. The van der Waals surface area contributed by atoms with E-state index in [2.05, 4.69) is 21.3 Å². The first-order valence-corrected chi connectivity index (χ1v) is 11.2. The van der Waals surface area contributed by atoms with E-state index >= 15 is 0 Å². The lowest BCUT2D eigenvalue weighted by atomic mass is 10.2. The van der Waals surface area contributed by atoms with Crippen LogP contribution in [0.2, 0.25) is 10.0 Å². The first-order chi connectivity index (χ1) is 15.1. The van der Waals surface area contributed by atoms with E-state index < -0.39 is 0 Å². The number of ether oxygens (including phenoxy) is 1. The van der Waals surface area contributed by atoms with Crippen LogP contribution < -0.4 is 10.2 Å². The Hall–Kier alpha value is -2.58. The number of carbonyl (C=O) groups excluding carboxylic acids is 1. The van der Waals surface area contributed by atoms with E-state index in [9.17, 15) is 4.79 Å². The number of rotatable bonds is 4. The summed E-state index contributed by atoms with van der Waals surface area (Å²) in [6, 6.07) is 14.5. The Balaban J connectivity index is 1.33. The highest BCUT2D eigenvalue weighted by Crippen LogP contribution is 2.33. The number of halogens is 2. The summed E-state index contributed by atoms with van der Waals surface area (Å²) in [5.41, 5.74) is 2.64. The Morgan fingerprint density at radius 2 is 1.90 bits per heavy atom. The summed E-state index contributed by atoms with van der Waals surface area (Å²) in [7, 11) is 0. The Bertz CT molecular complexity index is 1260. The molecule has 1 N–H and O–H groups in total. The second-order valence-corrected chi connectivity index (χ2v) is 8.89. The van der Waals surface area contributed by atoms with Crippen molar-refractivity contribution in [1.82, 2.24) is 4.98 Å². The highest BCUT2D eigenvalue weighted by Gasteiger charge is 2.17. The van der Waals surface area contributed by atoms with Crippen LogP contribution in [0.5, 0.6) is 0 Å². The fourth-order valence-electron chi connectivity index (χ4n) is 3.44. The highest BCUT2D eigenvalue weighted by molar-refractivity contribution is 7.22. The lowest BCUT2D eigenvalue weighted by Gasteiger charge is -2.28. The van der Waals surface area contributed by atoms with Crippen molar-refractivity contribution in [3.05, 3.63) is 64.3 Å². The van der Waals surface area contributed by atoms with Gasteiger partial charge in [-0.3, -0.25) is 10.1 Å². The smallest absolute Gasteiger partial charge is 0.293 e. The zero-order valence-electron chi connectivity index (χ0n) is 16.2. The fourth-order valence-corrected chi connectivity index (χ4v) is 4.83. The molecule has 4 aromatic rings. The molecule has 2 aromatic heterocycles. The predicted octanol–water partition coefficient (Wildman–Crippen LogP) is 5.95. The minimum absolute atomic E-state index is 0.175. The van der Waals surface area contributed by atoms with Crippen molar-refractivity contribution in [1.29, 1.82) is 0 Å². The minimum atomic E-state index is -0.371. The number of amides is 1. The number of fused-ring (bicyclic) bond motifs is 1. The molecular weight excluding hydrogens is 457 g/mol. The number of aromatic nitrogens is 1. The molecule has 9 heteroatoms. The van der Waals surface area contributed by atoms with E-state index in [1.165, 1.54) is 11.3 Å². The van der Waals surface area contributed by atoms with Crippen molar-refractivity contribution in [3.63, 3.8) is 0 Å². The van der Waals surface area contributed by atoms with E-state index in [1.807, 2.05) is 12.1 Å². The summed E-state index contributed by atoms with van der Waals surface area (Å²) in [4.78, 5) is 19.5. The molecule has 3 heterocycles. The van der Waals surface area contributed by atoms with Gasteiger partial charge in [0.1, 0.15) is 5.76 Å². The summed E-state index contributed by atoms with van der Waals surface area (Å²) in [5.74, 6) is 0.296. The topological polar surface area (TPSA) is 67.6 Å². The molecule has 0 aliphatic carbocycles. The van der Waals surface area contributed by atoms with Crippen molar-refractivity contribution in [2.75, 3.05) is 36.5 Å². The second kappa shape index (κ2) is 8.51. The van der Waals surface area contributed by atoms with Gasteiger partial charge in [0.25, 0.3) is 5.91 Å². The van der Waals surface area contributed by atoms with E-state index in [1.54, 1.807) is 30.3 Å². The summed E-state index contributed by atoms with van der Waals surface area (Å²) in [6.07, 6.45) is 0. The van der Waals surface area contributed by atoms with Gasteiger partial charge in [0, 0.05) is 29.4 Å². The van der Waals surface area contributed by atoms with Crippen LogP contribution in [0.25, 0.3) is 21.5 Å². The first-order valence-electron chi connectivity index (χ1n) is 9.67. The van der Waals surface area contributed by atoms with Gasteiger partial charge in [-0.05, 0) is 48.5 Å². The number of furan rings is 1. The molecule has 1 amide bonds. The van der Waals surface area contributed by atoms with Gasteiger partial charge in [-0.15, -0.1) is 0 Å². The molecule has 31 heavy (non-hydrogen) atoms. The molecule has 0 saturated carbocycles. The van der Waals surface area contributed by atoms with Crippen LogP contribution in [0.1, 0.15) is 10.6 Å². The summed E-state index contributed by atoms with van der Waals surface area (Å²) in [5, 5.41) is 4.33. The zero-order valence-corrected chi connectivity index (χ0v) is 18.6. The quantitative estimate of drug-likeness (QED) is 0.396. The third-order valence-electron chi connectivity index (χ3n) is 5.00. The van der Waals surface area contributed by atoms with Gasteiger partial charge in [0.15, 0.2) is 10.9 Å². The molecule has 0 spiro atoms. The van der Waals surface area contributed by atoms with E-state index in [0.717, 1.165) is 42.2 Å². The number of carbonyl (C=O) groups is 1. The molecular formula is C22H17Cl2N3O3S. The minimum Gasteiger partial charge on any atom is -0.451 e. The van der Waals surface area contributed by atoms with Crippen LogP contribution in [0.3, 0.4) is 0 Å². The predicted molar refractivity (Wildman–Crippen MR) is 125 cm³/mol. The average Bonchev–Trinajstić information content (AvgIpc) is 3.40. The number of anilines is 2. The van der Waals surface area contributed by atoms with Crippen LogP contribution in [0.4, 0.5) is 10.8 Å². The number of benzene rings is 2. The maximum Gasteiger partial charge on any atom is 0.293 e. The van der Waals surface area contributed by atoms with Gasteiger partial charge in [-0.25, -0.2) is 4.98 Å². The molecule has 2 aromatic carbocycles. The summed E-state index contributed by atoms with van der Waals surface area (Å²) >= 11 is 13.6. The number of hydrogen-bond donors (Lipinski definition) is 1. The summed E-state index contributed by atoms with van der Waals surface area (Å²) in [6.45, 7) is 3.20. The normalized spacial score (nSPS) is 14.2. The van der Waals surface area contributed by atoms with Gasteiger partial charge in [0.2, 0.25) is 0 Å². The van der Waals surface area contributed by atoms with Crippen molar-refractivity contribution in [2.24, 2.45) is 0 Å². The molecule has 1 saturated heterocycles.